The predicted octanol–water partition coefficient (Wildman–Crippen LogP) is 2.34. The first-order chi connectivity index (χ1) is 8.86. The maximum atomic E-state index is 8.81. The summed E-state index contributed by atoms with van der Waals surface area (Å²) in [5.74, 6) is 0. The minimum atomic E-state index is 0.651. The van der Waals surface area contributed by atoms with Gasteiger partial charge in [0.15, 0.2) is 0 Å². The summed E-state index contributed by atoms with van der Waals surface area (Å²) in [5.41, 5.74) is 0.794. The number of piperidine rings is 1. The zero-order valence-electron chi connectivity index (χ0n) is 10.6. The molecule has 3 rings (SSSR count). The highest BCUT2D eigenvalue weighted by Gasteiger charge is 2.34. The van der Waals surface area contributed by atoms with E-state index in [4.69, 9.17) is 5.26 Å². The van der Waals surface area contributed by atoms with Crippen LogP contribution in [0.5, 0.6) is 0 Å². The predicted molar refractivity (Wildman–Crippen MR) is 73.5 cm³/mol. The number of hydrogen-bond donors (Lipinski definition) is 1. The maximum Gasteiger partial charge on any atom is 0.100 e. The zero-order valence-corrected chi connectivity index (χ0v) is 11.4. The molecule has 18 heavy (non-hydrogen) atoms. The molecule has 2 aliphatic rings. The highest BCUT2D eigenvalue weighted by Crippen LogP contribution is 2.27. The highest BCUT2D eigenvalue weighted by atomic mass is 32.1. The van der Waals surface area contributed by atoms with E-state index in [9.17, 15) is 0 Å². The number of fused-ring (bicyclic) bond motifs is 1. The molecule has 0 spiro atoms. The molecule has 3 nitrogen and oxygen atoms in total. The fraction of sp³-hybridized carbons (Fsp3) is 0.643. The Morgan fingerprint density at radius 2 is 2.33 bits per heavy atom. The lowest BCUT2D eigenvalue weighted by Crippen LogP contribution is -2.44. The minimum Gasteiger partial charge on any atom is -0.307 e. The van der Waals surface area contributed by atoms with Gasteiger partial charge in [-0.25, -0.2) is 0 Å². The molecule has 2 aliphatic heterocycles. The van der Waals surface area contributed by atoms with Crippen molar-refractivity contribution in [1.29, 1.82) is 5.26 Å². The summed E-state index contributed by atoms with van der Waals surface area (Å²) < 4.78 is 0. The average molecular weight is 261 g/mol. The van der Waals surface area contributed by atoms with Gasteiger partial charge in [-0.15, -0.1) is 11.3 Å². The average Bonchev–Trinajstić information content (AvgIpc) is 3.03. The number of nitrogens with zero attached hydrogens (tertiary/aromatic N) is 2. The highest BCUT2D eigenvalue weighted by molar-refractivity contribution is 7.10. The molecule has 0 aromatic carbocycles. The maximum absolute atomic E-state index is 8.81. The Morgan fingerprint density at radius 3 is 3.17 bits per heavy atom. The number of rotatable bonds is 3. The van der Waals surface area contributed by atoms with E-state index in [-0.39, 0.29) is 0 Å². The van der Waals surface area contributed by atoms with Crippen molar-refractivity contribution in [2.45, 2.75) is 44.3 Å². The quantitative estimate of drug-likeness (QED) is 0.907. The Balaban J connectivity index is 1.55. The summed E-state index contributed by atoms with van der Waals surface area (Å²) in [6.07, 6.45) is 5.39. The molecule has 0 aliphatic carbocycles. The topological polar surface area (TPSA) is 39.1 Å². The van der Waals surface area contributed by atoms with Crippen LogP contribution in [0, 0.1) is 11.3 Å². The largest absolute Gasteiger partial charge is 0.307 e. The van der Waals surface area contributed by atoms with E-state index in [1.54, 1.807) is 11.3 Å². The molecule has 3 heterocycles. The van der Waals surface area contributed by atoms with Crippen LogP contribution in [0.25, 0.3) is 0 Å². The van der Waals surface area contributed by atoms with E-state index in [1.807, 2.05) is 11.4 Å². The van der Waals surface area contributed by atoms with Gasteiger partial charge in [0.2, 0.25) is 0 Å². The molecule has 2 unspecified atom stereocenters. The van der Waals surface area contributed by atoms with Crippen molar-refractivity contribution in [3.8, 4) is 6.07 Å². The Hall–Kier alpha value is -0.890. The van der Waals surface area contributed by atoms with Crippen LogP contribution in [-0.2, 0) is 6.54 Å². The van der Waals surface area contributed by atoms with E-state index >= 15 is 0 Å². The first-order valence-corrected chi connectivity index (χ1v) is 7.70. The van der Waals surface area contributed by atoms with Crippen LogP contribution in [0.3, 0.4) is 0 Å². The summed E-state index contributed by atoms with van der Waals surface area (Å²) >= 11 is 1.69. The summed E-state index contributed by atoms with van der Waals surface area (Å²) in [6, 6.07) is 5.61. The molecule has 1 aromatic heterocycles. The smallest absolute Gasteiger partial charge is 0.100 e. The Morgan fingerprint density at radius 1 is 1.39 bits per heavy atom. The van der Waals surface area contributed by atoms with Crippen LogP contribution in [0.4, 0.5) is 0 Å². The molecule has 0 saturated carbocycles. The normalized spacial score (nSPS) is 27.9. The van der Waals surface area contributed by atoms with E-state index < -0.39 is 0 Å². The van der Waals surface area contributed by atoms with Crippen molar-refractivity contribution in [2.24, 2.45) is 0 Å². The third-order valence-corrected chi connectivity index (χ3v) is 5.11. The van der Waals surface area contributed by atoms with Gasteiger partial charge in [0.05, 0.1) is 5.56 Å². The first-order valence-electron chi connectivity index (χ1n) is 6.82. The van der Waals surface area contributed by atoms with Crippen LogP contribution in [0.2, 0.25) is 0 Å². The van der Waals surface area contributed by atoms with Gasteiger partial charge in [-0.1, -0.05) is 6.42 Å². The van der Waals surface area contributed by atoms with Crippen molar-refractivity contribution in [1.82, 2.24) is 10.2 Å². The van der Waals surface area contributed by atoms with Gasteiger partial charge in [-0.05, 0) is 31.9 Å². The standard InChI is InChI=1S/C14H19N3S/c15-8-11-7-12(18-10-11)9-16-13-4-6-17-5-2-1-3-14(13)17/h7,10,13-14,16H,1-6,9H2. The second kappa shape index (κ2) is 5.40. The first kappa shape index (κ1) is 12.2. The molecule has 2 atom stereocenters. The molecule has 1 N–H and O–H groups in total. The van der Waals surface area contributed by atoms with Crippen LogP contribution in [0.1, 0.15) is 36.1 Å². The van der Waals surface area contributed by atoms with Crippen molar-refractivity contribution < 1.29 is 0 Å². The molecule has 2 saturated heterocycles. The summed E-state index contributed by atoms with van der Waals surface area (Å²) in [5, 5.41) is 14.5. The van der Waals surface area contributed by atoms with E-state index in [0.717, 1.165) is 18.2 Å². The second-order valence-corrected chi connectivity index (χ2v) is 6.28. The van der Waals surface area contributed by atoms with Crippen LogP contribution in [0.15, 0.2) is 11.4 Å². The zero-order chi connectivity index (χ0) is 12.4. The lowest BCUT2D eigenvalue weighted by atomic mass is 9.99. The SMILES string of the molecule is N#Cc1csc(CNC2CCN3CCCCC23)c1. The lowest BCUT2D eigenvalue weighted by Gasteiger charge is -2.32. The van der Waals surface area contributed by atoms with Gasteiger partial charge >= 0.3 is 0 Å². The van der Waals surface area contributed by atoms with Gasteiger partial charge < -0.3 is 5.32 Å². The summed E-state index contributed by atoms with van der Waals surface area (Å²) in [4.78, 5) is 3.93. The molecule has 0 amide bonds. The van der Waals surface area contributed by atoms with Crippen molar-refractivity contribution >= 4 is 11.3 Å². The van der Waals surface area contributed by atoms with Gasteiger partial charge in [0.1, 0.15) is 6.07 Å². The fourth-order valence-electron chi connectivity index (χ4n) is 3.25. The van der Waals surface area contributed by atoms with E-state index in [1.165, 1.54) is 43.6 Å². The second-order valence-electron chi connectivity index (χ2n) is 5.29. The number of nitrogens with one attached hydrogen (secondary N) is 1. The molecule has 0 radical (unpaired) electrons. The Bertz CT molecular complexity index is 448. The van der Waals surface area contributed by atoms with Gasteiger partial charge in [-0.2, -0.15) is 5.26 Å². The van der Waals surface area contributed by atoms with Gasteiger partial charge in [0.25, 0.3) is 0 Å². The number of thiophene rings is 1. The Kier molecular flexibility index (Phi) is 3.64. The fourth-order valence-corrected chi connectivity index (χ4v) is 4.01. The molecular formula is C14H19N3S. The van der Waals surface area contributed by atoms with Crippen molar-refractivity contribution in [3.05, 3.63) is 21.9 Å². The minimum absolute atomic E-state index is 0.651. The van der Waals surface area contributed by atoms with Crippen LogP contribution in [-0.4, -0.2) is 30.1 Å². The molecular weight excluding hydrogens is 242 g/mol. The molecule has 96 valence electrons. The van der Waals surface area contributed by atoms with Gasteiger partial charge in [-0.3, -0.25) is 4.90 Å². The summed E-state index contributed by atoms with van der Waals surface area (Å²) in [6.45, 7) is 3.47. The third kappa shape index (κ3) is 2.44. The molecule has 2 fully saturated rings. The van der Waals surface area contributed by atoms with E-state index in [0.29, 0.717) is 6.04 Å². The van der Waals surface area contributed by atoms with Crippen LogP contribution >= 0.6 is 11.3 Å². The van der Waals surface area contributed by atoms with E-state index in [2.05, 4.69) is 16.3 Å². The molecule has 4 heteroatoms. The monoisotopic (exact) mass is 261 g/mol. The van der Waals surface area contributed by atoms with Crippen molar-refractivity contribution in [3.63, 3.8) is 0 Å². The van der Waals surface area contributed by atoms with Crippen molar-refractivity contribution in [2.75, 3.05) is 13.1 Å². The lowest BCUT2D eigenvalue weighted by molar-refractivity contribution is 0.180. The molecule has 0 bridgehead atoms. The summed E-state index contributed by atoms with van der Waals surface area (Å²) in [7, 11) is 0. The molecule has 1 aromatic rings. The third-order valence-electron chi connectivity index (χ3n) is 4.18. The van der Waals surface area contributed by atoms with Crippen LogP contribution < -0.4 is 5.32 Å². The number of nitriles is 1. The Labute approximate surface area is 112 Å². The number of hydrogen-bond acceptors (Lipinski definition) is 4. The van der Waals surface area contributed by atoms with Gasteiger partial charge in [0, 0.05) is 35.4 Å².